The Labute approximate surface area is 176 Å². The van der Waals surface area contributed by atoms with Crippen LogP contribution in [-0.4, -0.2) is 48.6 Å². The largest absolute Gasteiger partial charge is 0.420 e. The summed E-state index contributed by atoms with van der Waals surface area (Å²) < 4.78 is 12.0. The number of benzene rings is 1. The van der Waals surface area contributed by atoms with Gasteiger partial charge in [0.15, 0.2) is 5.58 Å². The molecule has 0 aliphatic carbocycles. The lowest BCUT2D eigenvalue weighted by Gasteiger charge is -2.32. The lowest BCUT2D eigenvalue weighted by atomic mass is 9.94. The maximum atomic E-state index is 12.9. The number of fused-ring (bicyclic) bond motifs is 1. The SMILES string of the molecule is O=C(Cn1c(=O)oc2ccccc21)N1CCCC(Cc2nc(-c3cnccn3)no2)C1. The van der Waals surface area contributed by atoms with Crippen molar-refractivity contribution in [1.29, 1.82) is 0 Å². The maximum Gasteiger partial charge on any atom is 0.420 e. The first-order valence-corrected chi connectivity index (χ1v) is 10.1. The second-order valence-electron chi connectivity index (χ2n) is 7.58. The van der Waals surface area contributed by atoms with Gasteiger partial charge in [-0.25, -0.2) is 9.78 Å². The van der Waals surface area contributed by atoms with Crippen LogP contribution in [0.25, 0.3) is 22.6 Å². The number of rotatable bonds is 5. The van der Waals surface area contributed by atoms with E-state index in [1.165, 1.54) is 4.57 Å². The predicted molar refractivity (Wildman–Crippen MR) is 109 cm³/mol. The van der Waals surface area contributed by atoms with Crippen LogP contribution in [0.5, 0.6) is 0 Å². The van der Waals surface area contributed by atoms with E-state index in [0.29, 0.717) is 48.0 Å². The summed E-state index contributed by atoms with van der Waals surface area (Å²) >= 11 is 0. The molecule has 1 fully saturated rings. The molecule has 3 aromatic heterocycles. The third kappa shape index (κ3) is 3.96. The van der Waals surface area contributed by atoms with Gasteiger partial charge in [-0.3, -0.25) is 14.3 Å². The number of para-hydroxylation sites is 2. The Hall–Kier alpha value is -3.82. The molecule has 31 heavy (non-hydrogen) atoms. The number of hydrogen-bond acceptors (Lipinski definition) is 8. The molecule has 0 radical (unpaired) electrons. The smallest absolute Gasteiger partial charge is 0.408 e. The lowest BCUT2D eigenvalue weighted by molar-refractivity contribution is -0.133. The van der Waals surface area contributed by atoms with Gasteiger partial charge in [-0.05, 0) is 30.9 Å². The molecule has 4 aromatic rings. The molecule has 1 atom stereocenters. The van der Waals surface area contributed by atoms with Gasteiger partial charge in [0.2, 0.25) is 17.6 Å². The zero-order chi connectivity index (χ0) is 21.2. The topological polar surface area (TPSA) is 120 Å². The minimum absolute atomic E-state index is 0.0417. The van der Waals surface area contributed by atoms with Gasteiger partial charge < -0.3 is 13.8 Å². The van der Waals surface area contributed by atoms with Crippen LogP contribution < -0.4 is 5.76 Å². The number of nitrogens with zero attached hydrogens (tertiary/aromatic N) is 6. The van der Waals surface area contributed by atoms with E-state index < -0.39 is 5.76 Å². The summed E-state index contributed by atoms with van der Waals surface area (Å²) in [6.45, 7) is 1.20. The van der Waals surface area contributed by atoms with Crippen molar-refractivity contribution in [3.8, 4) is 11.5 Å². The molecule has 0 saturated carbocycles. The number of oxazole rings is 1. The van der Waals surface area contributed by atoms with E-state index in [9.17, 15) is 9.59 Å². The van der Waals surface area contributed by atoms with Crippen molar-refractivity contribution in [3.63, 3.8) is 0 Å². The molecule has 10 heteroatoms. The molecule has 0 spiro atoms. The van der Waals surface area contributed by atoms with Crippen molar-refractivity contribution < 1.29 is 13.7 Å². The van der Waals surface area contributed by atoms with Gasteiger partial charge >= 0.3 is 5.76 Å². The summed E-state index contributed by atoms with van der Waals surface area (Å²) in [6.07, 6.45) is 7.15. The molecular weight excluding hydrogens is 400 g/mol. The van der Waals surface area contributed by atoms with Crippen molar-refractivity contribution in [2.24, 2.45) is 5.92 Å². The molecule has 158 valence electrons. The molecule has 4 heterocycles. The average Bonchev–Trinajstić information content (AvgIpc) is 3.39. The molecule has 1 aromatic carbocycles. The maximum absolute atomic E-state index is 12.9. The molecule has 1 saturated heterocycles. The quantitative estimate of drug-likeness (QED) is 0.480. The van der Waals surface area contributed by atoms with Crippen LogP contribution in [0.4, 0.5) is 0 Å². The zero-order valence-corrected chi connectivity index (χ0v) is 16.7. The number of carbonyl (C=O) groups is 1. The summed E-state index contributed by atoms with van der Waals surface area (Å²) in [6, 6.07) is 7.10. The highest BCUT2D eigenvalue weighted by Gasteiger charge is 2.26. The van der Waals surface area contributed by atoms with Crippen LogP contribution >= 0.6 is 0 Å². The first-order chi connectivity index (χ1) is 15.2. The fourth-order valence-corrected chi connectivity index (χ4v) is 3.96. The Morgan fingerprint density at radius 3 is 3.00 bits per heavy atom. The Kier molecular flexibility index (Phi) is 5.03. The standard InChI is InChI=1S/C21H20N6O4/c28-19(13-27-16-5-1-2-6-17(16)30-21(27)29)26-9-3-4-14(12-26)10-18-24-20(25-31-18)15-11-22-7-8-23-15/h1-2,5-8,11,14H,3-4,9-10,12-13H2. The highest BCUT2D eigenvalue weighted by atomic mass is 16.5. The third-order valence-corrected chi connectivity index (χ3v) is 5.46. The van der Waals surface area contributed by atoms with Crippen molar-refractivity contribution >= 4 is 17.0 Å². The Balaban J connectivity index is 1.25. The molecule has 0 bridgehead atoms. The van der Waals surface area contributed by atoms with E-state index >= 15 is 0 Å². The zero-order valence-electron chi connectivity index (χ0n) is 16.7. The molecule has 5 rings (SSSR count). The fraction of sp³-hybridized carbons (Fsp3) is 0.333. The van der Waals surface area contributed by atoms with Crippen LogP contribution in [0.15, 0.2) is 56.6 Å². The number of likely N-dealkylation sites (tertiary alicyclic amines) is 1. The predicted octanol–water partition coefficient (Wildman–Crippen LogP) is 1.92. The summed E-state index contributed by atoms with van der Waals surface area (Å²) in [5.74, 6) is 0.482. The van der Waals surface area contributed by atoms with E-state index in [0.717, 1.165) is 12.8 Å². The van der Waals surface area contributed by atoms with Gasteiger partial charge in [0.05, 0.1) is 11.7 Å². The van der Waals surface area contributed by atoms with E-state index in [1.54, 1.807) is 41.7 Å². The molecular formula is C21H20N6O4. The van der Waals surface area contributed by atoms with E-state index in [4.69, 9.17) is 8.94 Å². The Morgan fingerprint density at radius 2 is 2.13 bits per heavy atom. The minimum Gasteiger partial charge on any atom is -0.408 e. The molecule has 0 N–H and O–H groups in total. The number of aromatic nitrogens is 5. The van der Waals surface area contributed by atoms with E-state index in [1.807, 2.05) is 6.07 Å². The van der Waals surface area contributed by atoms with Crippen LogP contribution in [0.2, 0.25) is 0 Å². The fourth-order valence-electron chi connectivity index (χ4n) is 3.96. The first kappa shape index (κ1) is 19.2. The second kappa shape index (κ2) is 8.13. The highest BCUT2D eigenvalue weighted by molar-refractivity contribution is 5.79. The van der Waals surface area contributed by atoms with Crippen LogP contribution in [-0.2, 0) is 17.8 Å². The second-order valence-corrected chi connectivity index (χ2v) is 7.58. The van der Waals surface area contributed by atoms with Crippen molar-refractivity contribution in [3.05, 3.63) is 59.3 Å². The molecule has 1 unspecified atom stereocenters. The van der Waals surface area contributed by atoms with E-state index in [-0.39, 0.29) is 18.4 Å². The van der Waals surface area contributed by atoms with Gasteiger partial charge in [-0.2, -0.15) is 4.98 Å². The van der Waals surface area contributed by atoms with Gasteiger partial charge in [-0.15, -0.1) is 0 Å². The Bertz CT molecular complexity index is 1260. The van der Waals surface area contributed by atoms with Gasteiger partial charge in [-0.1, -0.05) is 17.3 Å². The minimum atomic E-state index is -0.523. The first-order valence-electron chi connectivity index (χ1n) is 10.1. The third-order valence-electron chi connectivity index (χ3n) is 5.46. The summed E-state index contributed by atoms with van der Waals surface area (Å²) in [7, 11) is 0. The summed E-state index contributed by atoms with van der Waals surface area (Å²) in [4.78, 5) is 39.5. The number of hydrogen-bond donors (Lipinski definition) is 0. The number of amides is 1. The highest BCUT2D eigenvalue weighted by Crippen LogP contribution is 2.22. The summed E-state index contributed by atoms with van der Waals surface area (Å²) in [5, 5.41) is 3.98. The monoisotopic (exact) mass is 420 g/mol. The lowest BCUT2D eigenvalue weighted by Crippen LogP contribution is -2.42. The Morgan fingerprint density at radius 1 is 1.23 bits per heavy atom. The molecule has 1 amide bonds. The van der Waals surface area contributed by atoms with Gasteiger partial charge in [0.1, 0.15) is 12.2 Å². The van der Waals surface area contributed by atoms with Crippen molar-refractivity contribution in [2.45, 2.75) is 25.8 Å². The van der Waals surface area contributed by atoms with E-state index in [2.05, 4.69) is 20.1 Å². The van der Waals surface area contributed by atoms with Crippen molar-refractivity contribution in [2.75, 3.05) is 13.1 Å². The van der Waals surface area contributed by atoms with Crippen LogP contribution in [0.3, 0.4) is 0 Å². The number of piperidine rings is 1. The van der Waals surface area contributed by atoms with Gasteiger partial charge in [0.25, 0.3) is 0 Å². The van der Waals surface area contributed by atoms with Crippen molar-refractivity contribution in [1.82, 2.24) is 29.6 Å². The average molecular weight is 420 g/mol. The van der Waals surface area contributed by atoms with Crippen LogP contribution in [0.1, 0.15) is 18.7 Å². The molecule has 10 nitrogen and oxygen atoms in total. The van der Waals surface area contributed by atoms with Gasteiger partial charge in [0, 0.05) is 31.9 Å². The normalized spacial score (nSPS) is 16.6. The van der Waals surface area contributed by atoms with Crippen LogP contribution in [0, 0.1) is 5.92 Å². The molecule has 1 aliphatic rings. The molecule has 1 aliphatic heterocycles. The number of carbonyl (C=O) groups excluding carboxylic acids is 1. The summed E-state index contributed by atoms with van der Waals surface area (Å²) in [5.41, 5.74) is 1.65.